The molecule has 0 unspecified atom stereocenters. The number of aromatic nitrogens is 1. The van der Waals surface area contributed by atoms with E-state index in [2.05, 4.69) is 10.3 Å². The second-order valence-electron chi connectivity index (χ2n) is 5.94. The summed E-state index contributed by atoms with van der Waals surface area (Å²) >= 11 is 0. The summed E-state index contributed by atoms with van der Waals surface area (Å²) in [6.07, 6.45) is 0.709. The number of fused-ring (bicyclic) bond motifs is 1. The van der Waals surface area contributed by atoms with Crippen molar-refractivity contribution in [2.45, 2.75) is 25.7 Å². The van der Waals surface area contributed by atoms with E-state index in [4.69, 9.17) is 9.47 Å². The highest BCUT2D eigenvalue weighted by Gasteiger charge is 2.33. The van der Waals surface area contributed by atoms with Crippen molar-refractivity contribution in [1.82, 2.24) is 10.3 Å². The standard InChI is InChI=1S/C18H21N3O3/c1-12-17(24-15-7-5-4-6-14(15)23-12)18(22)20-11-13-8-9-19-16(10-13)21(2)3/h4-10,12,17H,11H2,1-3H3,(H,20,22)/t12-,17+/m1/s1. The third-order valence-electron chi connectivity index (χ3n) is 3.84. The number of pyridine rings is 1. The van der Waals surface area contributed by atoms with Crippen molar-refractivity contribution in [2.75, 3.05) is 19.0 Å². The summed E-state index contributed by atoms with van der Waals surface area (Å²) in [6.45, 7) is 2.24. The van der Waals surface area contributed by atoms with Crippen molar-refractivity contribution in [3.8, 4) is 11.5 Å². The third-order valence-corrected chi connectivity index (χ3v) is 3.84. The van der Waals surface area contributed by atoms with Gasteiger partial charge in [-0.15, -0.1) is 0 Å². The van der Waals surface area contributed by atoms with Crippen LogP contribution >= 0.6 is 0 Å². The van der Waals surface area contributed by atoms with E-state index in [0.717, 1.165) is 11.4 Å². The van der Waals surface area contributed by atoms with Crippen LogP contribution < -0.4 is 19.7 Å². The van der Waals surface area contributed by atoms with Gasteiger partial charge in [-0.1, -0.05) is 12.1 Å². The zero-order valence-electron chi connectivity index (χ0n) is 14.0. The number of nitrogens with one attached hydrogen (secondary N) is 1. The van der Waals surface area contributed by atoms with E-state index in [0.29, 0.717) is 18.0 Å². The van der Waals surface area contributed by atoms with E-state index in [1.807, 2.05) is 56.3 Å². The topological polar surface area (TPSA) is 63.7 Å². The molecule has 1 amide bonds. The lowest BCUT2D eigenvalue weighted by Crippen LogP contribution is -2.48. The predicted octanol–water partition coefficient (Wildman–Crippen LogP) is 1.99. The molecule has 0 saturated carbocycles. The number of para-hydroxylation sites is 2. The minimum absolute atomic E-state index is 0.194. The Bertz CT molecular complexity index is 733. The van der Waals surface area contributed by atoms with Gasteiger partial charge < -0.3 is 19.7 Å². The SMILES string of the molecule is C[C@H]1Oc2ccccc2O[C@@H]1C(=O)NCc1ccnc(N(C)C)c1. The molecule has 126 valence electrons. The molecule has 3 rings (SSSR count). The number of carbonyl (C=O) groups excluding carboxylic acids is 1. The molecule has 0 aliphatic carbocycles. The van der Waals surface area contributed by atoms with Crippen LogP contribution in [0.5, 0.6) is 11.5 Å². The summed E-state index contributed by atoms with van der Waals surface area (Å²) in [4.78, 5) is 18.6. The van der Waals surface area contributed by atoms with Crippen LogP contribution in [0.3, 0.4) is 0 Å². The van der Waals surface area contributed by atoms with Crippen LogP contribution in [0.2, 0.25) is 0 Å². The quantitative estimate of drug-likeness (QED) is 0.930. The molecule has 6 heteroatoms. The van der Waals surface area contributed by atoms with E-state index in [1.165, 1.54) is 0 Å². The van der Waals surface area contributed by atoms with Gasteiger partial charge in [0.15, 0.2) is 11.5 Å². The third kappa shape index (κ3) is 3.42. The molecular formula is C18H21N3O3. The number of nitrogens with zero attached hydrogens (tertiary/aromatic N) is 2. The van der Waals surface area contributed by atoms with Crippen LogP contribution in [0.1, 0.15) is 12.5 Å². The number of amides is 1. The normalized spacial score (nSPS) is 18.8. The van der Waals surface area contributed by atoms with Crippen molar-refractivity contribution in [3.63, 3.8) is 0 Å². The van der Waals surface area contributed by atoms with Gasteiger partial charge in [-0.3, -0.25) is 4.79 Å². The Morgan fingerprint density at radius 1 is 1.21 bits per heavy atom. The molecule has 0 radical (unpaired) electrons. The predicted molar refractivity (Wildman–Crippen MR) is 91.4 cm³/mol. The maximum Gasteiger partial charge on any atom is 0.265 e. The molecule has 24 heavy (non-hydrogen) atoms. The van der Waals surface area contributed by atoms with Crippen molar-refractivity contribution in [3.05, 3.63) is 48.2 Å². The van der Waals surface area contributed by atoms with Crippen molar-refractivity contribution in [1.29, 1.82) is 0 Å². The average Bonchev–Trinajstić information content (AvgIpc) is 2.59. The highest BCUT2D eigenvalue weighted by atomic mass is 16.6. The molecule has 6 nitrogen and oxygen atoms in total. The summed E-state index contributed by atoms with van der Waals surface area (Å²) in [6, 6.07) is 11.2. The first kappa shape index (κ1) is 16.1. The molecule has 2 heterocycles. The van der Waals surface area contributed by atoms with E-state index in [1.54, 1.807) is 12.3 Å². The number of hydrogen-bond acceptors (Lipinski definition) is 5. The van der Waals surface area contributed by atoms with E-state index in [9.17, 15) is 4.79 Å². The summed E-state index contributed by atoms with van der Waals surface area (Å²) < 4.78 is 11.6. The number of anilines is 1. The van der Waals surface area contributed by atoms with Crippen LogP contribution in [0, 0.1) is 0 Å². The Morgan fingerprint density at radius 3 is 2.62 bits per heavy atom. The number of benzene rings is 1. The van der Waals surface area contributed by atoms with Crippen LogP contribution in [-0.2, 0) is 11.3 Å². The highest BCUT2D eigenvalue weighted by molar-refractivity contribution is 5.82. The first-order valence-corrected chi connectivity index (χ1v) is 7.87. The first-order chi connectivity index (χ1) is 11.5. The highest BCUT2D eigenvalue weighted by Crippen LogP contribution is 2.33. The fourth-order valence-electron chi connectivity index (χ4n) is 2.51. The van der Waals surface area contributed by atoms with Gasteiger partial charge in [0.1, 0.15) is 11.9 Å². The Morgan fingerprint density at radius 2 is 1.92 bits per heavy atom. The van der Waals surface area contributed by atoms with Gasteiger partial charge in [0.05, 0.1) is 0 Å². The molecule has 0 bridgehead atoms. The average molecular weight is 327 g/mol. The van der Waals surface area contributed by atoms with Crippen LogP contribution in [0.25, 0.3) is 0 Å². The van der Waals surface area contributed by atoms with Gasteiger partial charge in [-0.2, -0.15) is 0 Å². The van der Waals surface area contributed by atoms with E-state index >= 15 is 0 Å². The fraction of sp³-hybridized carbons (Fsp3) is 0.333. The second kappa shape index (κ2) is 6.78. The molecule has 1 aliphatic heterocycles. The molecule has 0 saturated heterocycles. The van der Waals surface area contributed by atoms with Gasteiger partial charge >= 0.3 is 0 Å². The van der Waals surface area contributed by atoms with Crippen LogP contribution in [0.4, 0.5) is 5.82 Å². The molecule has 0 fully saturated rings. The van der Waals surface area contributed by atoms with E-state index in [-0.39, 0.29) is 12.0 Å². The second-order valence-corrected chi connectivity index (χ2v) is 5.94. The zero-order chi connectivity index (χ0) is 17.1. The summed E-state index contributed by atoms with van der Waals surface area (Å²) in [5.74, 6) is 1.91. The minimum Gasteiger partial charge on any atom is -0.482 e. The van der Waals surface area contributed by atoms with E-state index < -0.39 is 6.10 Å². The number of rotatable bonds is 4. The fourth-order valence-corrected chi connectivity index (χ4v) is 2.51. The minimum atomic E-state index is -0.671. The van der Waals surface area contributed by atoms with Crippen LogP contribution in [0.15, 0.2) is 42.6 Å². The Balaban J connectivity index is 1.64. The van der Waals surface area contributed by atoms with Gasteiger partial charge in [0.25, 0.3) is 5.91 Å². The van der Waals surface area contributed by atoms with Crippen molar-refractivity contribution in [2.24, 2.45) is 0 Å². The Hall–Kier alpha value is -2.76. The molecule has 1 aliphatic rings. The summed E-state index contributed by atoms with van der Waals surface area (Å²) in [5.41, 5.74) is 0.979. The molecule has 1 aromatic carbocycles. The Kier molecular flexibility index (Phi) is 4.55. The Labute approximate surface area is 141 Å². The molecule has 2 atom stereocenters. The molecule has 1 aromatic heterocycles. The lowest BCUT2D eigenvalue weighted by Gasteiger charge is -2.31. The van der Waals surface area contributed by atoms with Crippen molar-refractivity contribution >= 4 is 11.7 Å². The maximum atomic E-state index is 12.5. The molecule has 2 aromatic rings. The maximum absolute atomic E-state index is 12.5. The number of carbonyl (C=O) groups is 1. The van der Waals surface area contributed by atoms with Gasteiger partial charge in [0, 0.05) is 26.8 Å². The number of hydrogen-bond donors (Lipinski definition) is 1. The summed E-state index contributed by atoms with van der Waals surface area (Å²) in [5, 5.41) is 2.91. The monoisotopic (exact) mass is 327 g/mol. The lowest BCUT2D eigenvalue weighted by molar-refractivity contribution is -0.133. The molecule has 0 spiro atoms. The van der Waals surface area contributed by atoms with Gasteiger partial charge in [0.2, 0.25) is 6.10 Å². The largest absolute Gasteiger partial charge is 0.482 e. The lowest BCUT2D eigenvalue weighted by atomic mass is 10.1. The smallest absolute Gasteiger partial charge is 0.265 e. The first-order valence-electron chi connectivity index (χ1n) is 7.87. The zero-order valence-corrected chi connectivity index (χ0v) is 14.0. The number of ether oxygens (including phenoxy) is 2. The van der Waals surface area contributed by atoms with Crippen molar-refractivity contribution < 1.29 is 14.3 Å². The molecular weight excluding hydrogens is 306 g/mol. The van der Waals surface area contributed by atoms with Gasteiger partial charge in [-0.25, -0.2) is 4.98 Å². The van der Waals surface area contributed by atoms with Gasteiger partial charge in [-0.05, 0) is 36.8 Å². The molecule has 1 N–H and O–H groups in total. The summed E-state index contributed by atoms with van der Waals surface area (Å²) in [7, 11) is 3.86. The van der Waals surface area contributed by atoms with Crippen LogP contribution in [-0.4, -0.2) is 37.2 Å².